The van der Waals surface area contributed by atoms with Gasteiger partial charge < -0.3 is 19.7 Å². The van der Waals surface area contributed by atoms with Crippen LogP contribution in [0.4, 0.5) is 0 Å². The Morgan fingerprint density at radius 3 is 3.00 bits per heavy atom. The summed E-state index contributed by atoms with van der Waals surface area (Å²) in [7, 11) is 2.21. The summed E-state index contributed by atoms with van der Waals surface area (Å²) in [5.74, 6) is 2.58. The minimum absolute atomic E-state index is 0.354. The molecule has 4 heteroatoms. The molecule has 3 rings (SSSR count). The largest absolute Gasteiger partial charge is 0.454 e. The van der Waals surface area contributed by atoms with Crippen molar-refractivity contribution in [1.29, 1.82) is 0 Å². The van der Waals surface area contributed by atoms with E-state index in [0.717, 1.165) is 36.8 Å². The van der Waals surface area contributed by atoms with Gasteiger partial charge in [-0.1, -0.05) is 6.07 Å². The molecule has 1 N–H and O–H groups in total. The SMILES string of the molecule is CC(CCc1ccc2c(c1)OCO2)NCC1CCN(C)C1. The highest BCUT2D eigenvalue weighted by atomic mass is 16.7. The molecule has 0 aromatic heterocycles. The first kappa shape index (κ1) is 14.7. The number of nitrogens with one attached hydrogen (secondary N) is 1. The molecule has 2 aliphatic rings. The Morgan fingerprint density at radius 2 is 2.19 bits per heavy atom. The van der Waals surface area contributed by atoms with E-state index in [9.17, 15) is 0 Å². The normalized spacial score (nSPS) is 22.7. The van der Waals surface area contributed by atoms with Crippen molar-refractivity contribution >= 4 is 0 Å². The number of aryl methyl sites for hydroxylation is 1. The summed E-state index contributed by atoms with van der Waals surface area (Å²) in [5, 5.41) is 3.69. The molecule has 116 valence electrons. The molecule has 0 aliphatic carbocycles. The minimum atomic E-state index is 0.354. The molecule has 1 aromatic rings. The fraction of sp³-hybridized carbons (Fsp3) is 0.647. The maximum Gasteiger partial charge on any atom is 0.231 e. The van der Waals surface area contributed by atoms with Crippen LogP contribution in [0, 0.1) is 5.92 Å². The number of nitrogens with zero attached hydrogens (tertiary/aromatic N) is 1. The van der Waals surface area contributed by atoms with E-state index in [1.54, 1.807) is 0 Å². The van der Waals surface area contributed by atoms with Crippen molar-refractivity contribution in [1.82, 2.24) is 10.2 Å². The maximum atomic E-state index is 5.43. The second-order valence-electron chi connectivity index (χ2n) is 6.45. The van der Waals surface area contributed by atoms with Crippen molar-refractivity contribution in [2.75, 3.05) is 33.5 Å². The highest BCUT2D eigenvalue weighted by Gasteiger charge is 2.19. The van der Waals surface area contributed by atoms with Crippen LogP contribution in [0.3, 0.4) is 0 Å². The number of benzene rings is 1. The molecule has 2 heterocycles. The molecule has 1 fully saturated rings. The molecule has 0 spiro atoms. The second-order valence-corrected chi connectivity index (χ2v) is 6.45. The number of likely N-dealkylation sites (tertiary alicyclic amines) is 1. The van der Waals surface area contributed by atoms with Gasteiger partial charge in [0.05, 0.1) is 0 Å². The summed E-state index contributed by atoms with van der Waals surface area (Å²) in [6.07, 6.45) is 3.57. The zero-order chi connectivity index (χ0) is 14.7. The summed E-state index contributed by atoms with van der Waals surface area (Å²) >= 11 is 0. The molecule has 0 bridgehead atoms. The Hall–Kier alpha value is -1.26. The van der Waals surface area contributed by atoms with Crippen LogP contribution in [0.5, 0.6) is 11.5 Å². The van der Waals surface area contributed by atoms with Gasteiger partial charge in [0.1, 0.15) is 0 Å². The van der Waals surface area contributed by atoms with Crippen LogP contribution >= 0.6 is 0 Å². The summed E-state index contributed by atoms with van der Waals surface area (Å²) < 4.78 is 10.8. The van der Waals surface area contributed by atoms with Gasteiger partial charge in [-0.05, 0) is 69.9 Å². The summed E-state index contributed by atoms with van der Waals surface area (Å²) in [4.78, 5) is 2.42. The lowest BCUT2D eigenvalue weighted by Crippen LogP contribution is -2.32. The molecular weight excluding hydrogens is 264 g/mol. The molecule has 0 amide bonds. The van der Waals surface area contributed by atoms with Crippen molar-refractivity contribution in [2.45, 2.75) is 32.2 Å². The molecule has 2 unspecified atom stereocenters. The molecule has 4 nitrogen and oxygen atoms in total. The highest BCUT2D eigenvalue weighted by molar-refractivity contribution is 5.44. The third-order valence-electron chi connectivity index (χ3n) is 4.55. The third-order valence-corrected chi connectivity index (χ3v) is 4.55. The lowest BCUT2D eigenvalue weighted by atomic mass is 10.0. The summed E-state index contributed by atoms with van der Waals surface area (Å²) in [6.45, 7) is 6.27. The quantitative estimate of drug-likeness (QED) is 0.871. The molecule has 0 radical (unpaired) electrons. The van der Waals surface area contributed by atoms with Crippen LogP contribution in [0.25, 0.3) is 0 Å². The standard InChI is InChI=1S/C17H26N2O2/c1-13(18-10-15-7-8-19(2)11-15)3-4-14-5-6-16-17(9-14)21-12-20-16/h5-6,9,13,15,18H,3-4,7-8,10-12H2,1-2H3. The zero-order valence-corrected chi connectivity index (χ0v) is 13.1. The summed E-state index contributed by atoms with van der Waals surface area (Å²) in [6, 6.07) is 6.83. The van der Waals surface area contributed by atoms with Gasteiger partial charge in [-0.25, -0.2) is 0 Å². The van der Waals surface area contributed by atoms with Gasteiger partial charge in [-0.15, -0.1) is 0 Å². The number of ether oxygens (including phenoxy) is 2. The third kappa shape index (κ3) is 3.89. The Bertz CT molecular complexity index is 478. The van der Waals surface area contributed by atoms with Gasteiger partial charge >= 0.3 is 0 Å². The Morgan fingerprint density at radius 1 is 1.33 bits per heavy atom. The predicted molar refractivity (Wildman–Crippen MR) is 84.0 cm³/mol. The van der Waals surface area contributed by atoms with E-state index < -0.39 is 0 Å². The van der Waals surface area contributed by atoms with Gasteiger partial charge in [-0.2, -0.15) is 0 Å². The Balaban J connectivity index is 1.40. The van der Waals surface area contributed by atoms with Crippen molar-refractivity contribution in [3.8, 4) is 11.5 Å². The first-order valence-corrected chi connectivity index (χ1v) is 8.01. The van der Waals surface area contributed by atoms with Gasteiger partial charge in [0.2, 0.25) is 6.79 Å². The summed E-state index contributed by atoms with van der Waals surface area (Å²) in [5.41, 5.74) is 1.33. The molecule has 1 aromatic carbocycles. The van der Waals surface area contributed by atoms with Crippen molar-refractivity contribution in [2.24, 2.45) is 5.92 Å². The van der Waals surface area contributed by atoms with E-state index in [0.29, 0.717) is 12.8 Å². The van der Waals surface area contributed by atoms with E-state index in [1.807, 2.05) is 6.07 Å². The molecule has 0 saturated carbocycles. The van der Waals surface area contributed by atoms with E-state index in [1.165, 1.54) is 25.1 Å². The Kier molecular flexibility index (Phi) is 4.66. The van der Waals surface area contributed by atoms with Crippen molar-refractivity contribution < 1.29 is 9.47 Å². The monoisotopic (exact) mass is 290 g/mol. The van der Waals surface area contributed by atoms with Crippen LogP contribution in [0.2, 0.25) is 0 Å². The van der Waals surface area contributed by atoms with E-state index in [4.69, 9.17) is 9.47 Å². The van der Waals surface area contributed by atoms with Crippen LogP contribution in [0.1, 0.15) is 25.3 Å². The fourth-order valence-electron chi connectivity index (χ4n) is 3.14. The predicted octanol–water partition coefficient (Wildman–Crippen LogP) is 2.28. The fourth-order valence-corrected chi connectivity index (χ4v) is 3.14. The average Bonchev–Trinajstić information content (AvgIpc) is 3.10. The first-order chi connectivity index (χ1) is 10.2. The zero-order valence-electron chi connectivity index (χ0n) is 13.1. The minimum Gasteiger partial charge on any atom is -0.454 e. The van der Waals surface area contributed by atoms with Gasteiger partial charge in [0.25, 0.3) is 0 Å². The highest BCUT2D eigenvalue weighted by Crippen LogP contribution is 2.32. The second kappa shape index (κ2) is 6.67. The molecule has 1 saturated heterocycles. The van der Waals surface area contributed by atoms with Crippen LogP contribution < -0.4 is 14.8 Å². The van der Waals surface area contributed by atoms with E-state index >= 15 is 0 Å². The smallest absolute Gasteiger partial charge is 0.231 e. The van der Waals surface area contributed by atoms with Gasteiger partial charge in [0.15, 0.2) is 11.5 Å². The Labute approximate surface area is 127 Å². The first-order valence-electron chi connectivity index (χ1n) is 8.01. The number of hydrogen-bond acceptors (Lipinski definition) is 4. The lowest BCUT2D eigenvalue weighted by molar-refractivity contribution is 0.174. The molecule has 2 atom stereocenters. The van der Waals surface area contributed by atoms with Gasteiger partial charge in [-0.3, -0.25) is 0 Å². The number of hydrogen-bond donors (Lipinski definition) is 1. The van der Waals surface area contributed by atoms with Crippen molar-refractivity contribution in [3.05, 3.63) is 23.8 Å². The topological polar surface area (TPSA) is 33.7 Å². The molecule has 2 aliphatic heterocycles. The van der Waals surface area contributed by atoms with Gasteiger partial charge in [0, 0.05) is 12.6 Å². The van der Waals surface area contributed by atoms with Crippen LogP contribution in [-0.4, -0.2) is 44.4 Å². The van der Waals surface area contributed by atoms with Crippen LogP contribution in [0.15, 0.2) is 18.2 Å². The maximum absolute atomic E-state index is 5.43. The van der Waals surface area contributed by atoms with E-state index in [-0.39, 0.29) is 0 Å². The molecule has 21 heavy (non-hydrogen) atoms. The lowest BCUT2D eigenvalue weighted by Gasteiger charge is -2.17. The number of rotatable bonds is 6. The van der Waals surface area contributed by atoms with Crippen LogP contribution in [-0.2, 0) is 6.42 Å². The van der Waals surface area contributed by atoms with E-state index in [2.05, 4.69) is 36.3 Å². The van der Waals surface area contributed by atoms with Crippen molar-refractivity contribution in [3.63, 3.8) is 0 Å². The average molecular weight is 290 g/mol. The molecular formula is C17H26N2O2. The number of fused-ring (bicyclic) bond motifs is 1.